The number of hydrogen-bond donors (Lipinski definition) is 0. The molecule has 2 nitrogen and oxygen atoms in total. The first kappa shape index (κ1) is 16.1. The van der Waals surface area contributed by atoms with E-state index in [1.165, 1.54) is 48.8 Å². The van der Waals surface area contributed by atoms with Gasteiger partial charge < -0.3 is 9.15 Å². The van der Waals surface area contributed by atoms with Gasteiger partial charge in [-0.1, -0.05) is 34.1 Å². The number of rotatable bonds is 1. The van der Waals surface area contributed by atoms with E-state index in [0.29, 0.717) is 11.3 Å². The lowest BCUT2D eigenvalue weighted by Crippen LogP contribution is -2.44. The molecule has 0 unspecified atom stereocenters. The lowest BCUT2D eigenvalue weighted by atomic mass is 9.53. The van der Waals surface area contributed by atoms with E-state index < -0.39 is 0 Å². The minimum atomic E-state index is 0.208. The SMILES string of the molecule is COc1ccc2oc3c(c2c1)[C@@]1(C)CCCC(C)(C)[C@@H]1CC[C@H]3C. The van der Waals surface area contributed by atoms with Crippen molar-refractivity contribution in [2.24, 2.45) is 11.3 Å². The maximum atomic E-state index is 6.41. The quantitative estimate of drug-likeness (QED) is 0.603. The molecule has 0 N–H and O–H groups in total. The predicted molar refractivity (Wildman–Crippen MR) is 98.9 cm³/mol. The Bertz CT molecular complexity index is 770. The molecule has 0 bridgehead atoms. The second-order valence-corrected chi connectivity index (χ2v) is 8.99. The van der Waals surface area contributed by atoms with E-state index in [9.17, 15) is 0 Å². The van der Waals surface area contributed by atoms with Crippen molar-refractivity contribution >= 4 is 11.0 Å². The Morgan fingerprint density at radius 3 is 2.67 bits per heavy atom. The van der Waals surface area contributed by atoms with E-state index in [0.717, 1.165) is 17.3 Å². The molecule has 2 heteroatoms. The third kappa shape index (κ3) is 2.14. The molecule has 1 aromatic heterocycles. The fourth-order valence-corrected chi connectivity index (χ4v) is 5.84. The van der Waals surface area contributed by atoms with Crippen molar-refractivity contribution in [2.75, 3.05) is 7.11 Å². The van der Waals surface area contributed by atoms with Gasteiger partial charge in [0, 0.05) is 16.9 Å². The smallest absolute Gasteiger partial charge is 0.134 e. The minimum Gasteiger partial charge on any atom is -0.497 e. The Kier molecular flexibility index (Phi) is 3.53. The maximum Gasteiger partial charge on any atom is 0.134 e. The molecule has 0 saturated heterocycles. The molecule has 0 aliphatic heterocycles. The molecule has 130 valence electrons. The van der Waals surface area contributed by atoms with Gasteiger partial charge in [0.2, 0.25) is 0 Å². The highest BCUT2D eigenvalue weighted by Crippen LogP contribution is 2.59. The van der Waals surface area contributed by atoms with E-state index in [1.807, 2.05) is 6.07 Å². The monoisotopic (exact) mass is 326 g/mol. The van der Waals surface area contributed by atoms with Crippen LogP contribution in [0, 0.1) is 11.3 Å². The zero-order valence-electron chi connectivity index (χ0n) is 15.7. The molecule has 4 rings (SSSR count). The average molecular weight is 326 g/mol. The van der Waals surface area contributed by atoms with Gasteiger partial charge in [0.25, 0.3) is 0 Å². The highest BCUT2D eigenvalue weighted by molar-refractivity contribution is 5.85. The van der Waals surface area contributed by atoms with Crippen molar-refractivity contribution in [2.45, 2.75) is 71.1 Å². The summed E-state index contributed by atoms with van der Waals surface area (Å²) in [6.45, 7) is 9.80. The largest absolute Gasteiger partial charge is 0.497 e. The lowest BCUT2D eigenvalue weighted by Gasteiger charge is -2.50. The zero-order valence-corrected chi connectivity index (χ0v) is 15.7. The van der Waals surface area contributed by atoms with Gasteiger partial charge in [-0.25, -0.2) is 0 Å². The first-order chi connectivity index (χ1) is 11.4. The van der Waals surface area contributed by atoms with E-state index in [2.05, 4.69) is 39.8 Å². The highest BCUT2D eigenvalue weighted by atomic mass is 16.5. The molecule has 1 heterocycles. The molecule has 24 heavy (non-hydrogen) atoms. The Balaban J connectivity index is 2.00. The van der Waals surface area contributed by atoms with Gasteiger partial charge in [0.15, 0.2) is 0 Å². The van der Waals surface area contributed by atoms with Crippen LogP contribution in [0.1, 0.15) is 77.0 Å². The molecule has 0 radical (unpaired) electrons. The number of ether oxygens (including phenoxy) is 1. The van der Waals surface area contributed by atoms with E-state index in [1.54, 1.807) is 7.11 Å². The second kappa shape index (κ2) is 5.28. The Labute approximate surface area is 145 Å². The van der Waals surface area contributed by atoms with E-state index in [4.69, 9.17) is 9.15 Å². The summed E-state index contributed by atoms with van der Waals surface area (Å²) in [4.78, 5) is 0. The number of furan rings is 1. The standard InChI is InChI=1S/C22H30O2/c1-14-7-10-18-21(2,3)11-6-12-22(18,4)19-16-13-15(23-5)8-9-17(16)24-20(14)19/h8-9,13-14,18H,6-7,10-12H2,1-5H3/t14-,18+,22+/m1/s1. The molecule has 0 amide bonds. The number of fused-ring (bicyclic) bond motifs is 5. The van der Waals surface area contributed by atoms with Crippen molar-refractivity contribution in [3.05, 3.63) is 29.5 Å². The van der Waals surface area contributed by atoms with Crippen molar-refractivity contribution in [3.63, 3.8) is 0 Å². The van der Waals surface area contributed by atoms with Crippen molar-refractivity contribution < 1.29 is 9.15 Å². The van der Waals surface area contributed by atoms with Crippen LogP contribution in [0.5, 0.6) is 5.75 Å². The molecule has 1 fully saturated rings. The molecule has 2 aliphatic rings. The number of benzene rings is 1. The molecule has 1 saturated carbocycles. The van der Waals surface area contributed by atoms with Gasteiger partial charge in [-0.2, -0.15) is 0 Å². The van der Waals surface area contributed by atoms with E-state index >= 15 is 0 Å². The van der Waals surface area contributed by atoms with Crippen LogP contribution in [-0.4, -0.2) is 7.11 Å². The Hall–Kier alpha value is -1.44. The normalized spacial score (nSPS) is 32.0. The van der Waals surface area contributed by atoms with Gasteiger partial charge in [-0.05, 0) is 60.6 Å². The fraction of sp³-hybridized carbons (Fsp3) is 0.636. The predicted octanol–water partition coefficient (Wildman–Crippen LogP) is 6.42. The van der Waals surface area contributed by atoms with Crippen LogP contribution in [-0.2, 0) is 5.41 Å². The summed E-state index contributed by atoms with van der Waals surface area (Å²) in [7, 11) is 1.75. The van der Waals surface area contributed by atoms with Crippen molar-refractivity contribution in [1.82, 2.24) is 0 Å². The van der Waals surface area contributed by atoms with Gasteiger partial charge in [-0.3, -0.25) is 0 Å². The van der Waals surface area contributed by atoms with Crippen molar-refractivity contribution in [3.8, 4) is 5.75 Å². The summed E-state index contributed by atoms with van der Waals surface area (Å²) in [5, 5.41) is 1.28. The van der Waals surface area contributed by atoms with Crippen LogP contribution in [0.2, 0.25) is 0 Å². The van der Waals surface area contributed by atoms with Crippen LogP contribution in [0.4, 0.5) is 0 Å². The molecular formula is C22H30O2. The summed E-state index contributed by atoms with van der Waals surface area (Å²) < 4.78 is 11.9. The number of hydrogen-bond acceptors (Lipinski definition) is 2. The Morgan fingerprint density at radius 2 is 1.92 bits per heavy atom. The molecule has 2 aromatic rings. The second-order valence-electron chi connectivity index (χ2n) is 8.99. The molecule has 2 aliphatic carbocycles. The van der Waals surface area contributed by atoms with Crippen molar-refractivity contribution in [1.29, 1.82) is 0 Å². The van der Waals surface area contributed by atoms with Crippen LogP contribution < -0.4 is 4.74 Å². The molecule has 3 atom stereocenters. The van der Waals surface area contributed by atoms with Gasteiger partial charge >= 0.3 is 0 Å². The van der Waals surface area contributed by atoms with Crippen LogP contribution in [0.15, 0.2) is 22.6 Å². The third-order valence-electron chi connectivity index (χ3n) is 7.06. The molecular weight excluding hydrogens is 296 g/mol. The lowest BCUT2D eigenvalue weighted by molar-refractivity contribution is 0.0504. The van der Waals surface area contributed by atoms with Gasteiger partial charge in [0.05, 0.1) is 7.11 Å². The van der Waals surface area contributed by atoms with Crippen LogP contribution in [0.25, 0.3) is 11.0 Å². The van der Waals surface area contributed by atoms with Gasteiger partial charge in [-0.15, -0.1) is 0 Å². The highest BCUT2D eigenvalue weighted by Gasteiger charge is 2.51. The van der Waals surface area contributed by atoms with E-state index in [-0.39, 0.29) is 5.41 Å². The number of methoxy groups -OCH3 is 1. The molecule has 0 spiro atoms. The fourth-order valence-electron chi connectivity index (χ4n) is 5.84. The summed E-state index contributed by atoms with van der Waals surface area (Å²) >= 11 is 0. The van der Waals surface area contributed by atoms with Gasteiger partial charge in [0.1, 0.15) is 17.1 Å². The maximum absolute atomic E-state index is 6.41. The average Bonchev–Trinajstić information content (AvgIpc) is 2.87. The summed E-state index contributed by atoms with van der Waals surface area (Å²) in [6.07, 6.45) is 6.46. The topological polar surface area (TPSA) is 22.4 Å². The minimum absolute atomic E-state index is 0.208. The van der Waals surface area contributed by atoms with Crippen LogP contribution >= 0.6 is 0 Å². The summed E-state index contributed by atoms with van der Waals surface area (Å²) in [6, 6.07) is 6.29. The van der Waals surface area contributed by atoms with Crippen LogP contribution in [0.3, 0.4) is 0 Å². The summed E-state index contributed by atoms with van der Waals surface area (Å²) in [5.41, 5.74) is 3.12. The summed E-state index contributed by atoms with van der Waals surface area (Å²) in [5.74, 6) is 3.38. The first-order valence-corrected chi connectivity index (χ1v) is 9.48. The Morgan fingerprint density at radius 1 is 1.12 bits per heavy atom. The first-order valence-electron chi connectivity index (χ1n) is 9.48. The molecule has 1 aromatic carbocycles. The zero-order chi connectivity index (χ0) is 17.1. The third-order valence-corrected chi connectivity index (χ3v) is 7.06.